The van der Waals surface area contributed by atoms with Crippen LogP contribution in [0.4, 0.5) is 0 Å². The second kappa shape index (κ2) is 13.5. The molecule has 205 valence electrons. The summed E-state index contributed by atoms with van der Waals surface area (Å²) >= 11 is 0. The largest absolute Gasteiger partial charge is 0.305 e. The quantitative estimate of drug-likeness (QED) is 0.135. The molecule has 6 rings (SSSR count). The van der Waals surface area contributed by atoms with Gasteiger partial charge in [-0.05, 0) is 69.0 Å². The summed E-state index contributed by atoms with van der Waals surface area (Å²) in [4.78, 5) is 8.95. The van der Waals surface area contributed by atoms with Crippen molar-refractivity contribution in [3.05, 3.63) is 132 Å². The number of nitrogens with zero attached hydrogens (tertiary/aromatic N) is 3. The van der Waals surface area contributed by atoms with Crippen LogP contribution in [0.15, 0.2) is 103 Å². The Balaban J connectivity index is 0.000000249. The molecule has 1 radical (unpaired) electrons. The van der Waals surface area contributed by atoms with Crippen molar-refractivity contribution in [2.45, 2.75) is 39.5 Å². The molecule has 0 N–H and O–H groups in total. The van der Waals surface area contributed by atoms with Crippen LogP contribution < -0.4 is 0 Å². The van der Waals surface area contributed by atoms with Crippen molar-refractivity contribution in [1.29, 1.82) is 5.26 Å². The van der Waals surface area contributed by atoms with E-state index in [0.717, 1.165) is 44.1 Å². The molecule has 6 aromatic rings. The molecule has 0 aliphatic rings. The number of hydrogen-bond donors (Lipinski definition) is 0. The zero-order valence-corrected chi connectivity index (χ0v) is 26.0. The number of pyridine rings is 2. The zero-order valence-electron chi connectivity index (χ0n) is 23.6. The van der Waals surface area contributed by atoms with Gasteiger partial charge in [-0.25, -0.2) is 0 Å². The molecule has 41 heavy (non-hydrogen) atoms. The molecule has 0 saturated carbocycles. The van der Waals surface area contributed by atoms with Crippen molar-refractivity contribution in [2.75, 3.05) is 0 Å². The summed E-state index contributed by atoms with van der Waals surface area (Å²) in [6.45, 7) is 8.85. The number of aromatic nitrogens is 2. The van der Waals surface area contributed by atoms with Crippen LogP contribution in [-0.4, -0.2) is 9.97 Å². The van der Waals surface area contributed by atoms with E-state index in [1.807, 2.05) is 66.9 Å². The number of fused-ring (bicyclic) bond motifs is 3. The van der Waals surface area contributed by atoms with Gasteiger partial charge in [0.25, 0.3) is 0 Å². The van der Waals surface area contributed by atoms with Crippen LogP contribution in [0.5, 0.6) is 0 Å². The third-order valence-electron chi connectivity index (χ3n) is 7.00. The summed E-state index contributed by atoms with van der Waals surface area (Å²) in [6.07, 6.45) is 3.66. The molecule has 0 spiro atoms. The Labute approximate surface area is 256 Å². The van der Waals surface area contributed by atoms with Crippen LogP contribution in [0.2, 0.25) is 0 Å². The first-order valence-electron chi connectivity index (χ1n) is 13.6. The molecule has 0 amide bonds. The maximum absolute atomic E-state index is 9.18. The van der Waals surface area contributed by atoms with Gasteiger partial charge in [0.1, 0.15) is 0 Å². The van der Waals surface area contributed by atoms with Crippen LogP contribution in [0.3, 0.4) is 0 Å². The molecule has 4 heteroatoms. The van der Waals surface area contributed by atoms with Gasteiger partial charge in [-0.1, -0.05) is 58.0 Å². The van der Waals surface area contributed by atoms with Crippen molar-refractivity contribution in [1.82, 2.24) is 9.97 Å². The fourth-order valence-corrected chi connectivity index (χ4v) is 4.74. The molecule has 0 atom stereocenters. The van der Waals surface area contributed by atoms with Crippen molar-refractivity contribution in [3.63, 3.8) is 0 Å². The van der Waals surface area contributed by atoms with E-state index in [1.165, 1.54) is 11.1 Å². The Morgan fingerprint density at radius 2 is 1.51 bits per heavy atom. The Bertz CT molecular complexity index is 1740. The fraction of sp³-hybridized carbons (Fsp3) is 0.162. The van der Waals surface area contributed by atoms with Crippen LogP contribution in [0.25, 0.3) is 44.1 Å². The first-order chi connectivity index (χ1) is 19.4. The van der Waals surface area contributed by atoms with Gasteiger partial charge >= 0.3 is 0 Å². The van der Waals surface area contributed by atoms with Crippen molar-refractivity contribution in [3.8, 4) is 28.6 Å². The van der Waals surface area contributed by atoms with Crippen molar-refractivity contribution in [2.24, 2.45) is 0 Å². The van der Waals surface area contributed by atoms with Gasteiger partial charge in [-0.3, -0.25) is 0 Å². The number of hydrogen-bond acceptors (Lipinski definition) is 3. The molecule has 0 aliphatic heterocycles. The smallest absolute Gasteiger partial charge is 0.0991 e. The predicted molar refractivity (Wildman–Crippen MR) is 165 cm³/mol. The van der Waals surface area contributed by atoms with Gasteiger partial charge in [0.15, 0.2) is 0 Å². The molecule has 0 bridgehead atoms. The summed E-state index contributed by atoms with van der Waals surface area (Å²) in [5.41, 5.74) is 7.24. The zero-order chi connectivity index (χ0) is 28.1. The molecule has 4 aromatic carbocycles. The van der Waals surface area contributed by atoms with Crippen LogP contribution in [0, 0.1) is 23.5 Å². The Hall–Kier alpha value is -4.16. The normalized spacial score (nSPS) is 10.7. The van der Waals surface area contributed by atoms with E-state index in [4.69, 9.17) is 4.98 Å². The van der Waals surface area contributed by atoms with Crippen molar-refractivity contribution < 1.29 is 20.1 Å². The van der Waals surface area contributed by atoms with Gasteiger partial charge in [0, 0.05) is 32.5 Å². The second-order valence-electron chi connectivity index (χ2n) is 10.5. The average molecular weight is 710 g/mol. The second-order valence-corrected chi connectivity index (χ2v) is 10.5. The van der Waals surface area contributed by atoms with E-state index in [9.17, 15) is 5.26 Å². The molecule has 0 aliphatic carbocycles. The molecule has 3 nitrogen and oxygen atoms in total. The standard InChI is InChI=1S/C26H23N2.C11H8N.Ir/c1-16(2)20-12-21(17(3)4)14-22(13-20)26-25-8-6-19-11-18(15-27)5-7-23(19)24(25)9-10-28-26;1-2-6-10(7-3-1)11-8-4-5-9-12-11;/h5-13,16-17H,1-4H3;1-6,8-9H;/q2*-1;. The summed E-state index contributed by atoms with van der Waals surface area (Å²) < 4.78 is 0. The maximum atomic E-state index is 9.18. The number of rotatable bonds is 4. The summed E-state index contributed by atoms with van der Waals surface area (Å²) in [5, 5.41) is 13.7. The SMILES string of the molecule is CC(C)c1[c-]c(-c2nccc3c2ccc2cc(C#N)ccc23)cc(C(C)C)c1.[Ir].[c-]1ccccc1-c1ccccn1. The van der Waals surface area contributed by atoms with Gasteiger partial charge in [0.05, 0.1) is 11.6 Å². The Kier molecular flexibility index (Phi) is 9.79. The van der Waals surface area contributed by atoms with Crippen LogP contribution in [0.1, 0.15) is 56.2 Å². The van der Waals surface area contributed by atoms with Gasteiger partial charge < -0.3 is 9.97 Å². The van der Waals surface area contributed by atoms with Gasteiger partial charge in [0.2, 0.25) is 0 Å². The van der Waals surface area contributed by atoms with E-state index >= 15 is 0 Å². The average Bonchev–Trinajstić information content (AvgIpc) is 3.01. The van der Waals surface area contributed by atoms with E-state index in [0.29, 0.717) is 17.4 Å². The summed E-state index contributed by atoms with van der Waals surface area (Å²) in [5.74, 6) is 0.865. The first-order valence-corrected chi connectivity index (χ1v) is 13.6. The molecule has 0 unspecified atom stereocenters. The van der Waals surface area contributed by atoms with E-state index in [1.54, 1.807) is 6.20 Å². The first kappa shape index (κ1) is 29.8. The molecule has 2 heterocycles. The Morgan fingerprint density at radius 3 is 2.20 bits per heavy atom. The molecular formula is C37H31IrN3-2. The topological polar surface area (TPSA) is 49.6 Å². The molecule has 2 aromatic heterocycles. The minimum atomic E-state index is 0. The summed E-state index contributed by atoms with van der Waals surface area (Å²) in [6, 6.07) is 39.3. The molecule has 0 saturated heterocycles. The maximum Gasteiger partial charge on any atom is 0.0991 e. The molecule has 0 fully saturated rings. The third-order valence-corrected chi connectivity index (χ3v) is 7.00. The summed E-state index contributed by atoms with van der Waals surface area (Å²) in [7, 11) is 0. The predicted octanol–water partition coefficient (Wildman–Crippen LogP) is 9.52. The monoisotopic (exact) mass is 710 g/mol. The van der Waals surface area contributed by atoms with Gasteiger partial charge in [-0.2, -0.15) is 5.26 Å². The number of benzene rings is 4. The minimum absolute atomic E-state index is 0. The fourth-order valence-electron chi connectivity index (χ4n) is 4.74. The van der Waals surface area contributed by atoms with Crippen molar-refractivity contribution >= 4 is 21.5 Å². The minimum Gasteiger partial charge on any atom is -0.305 e. The Morgan fingerprint density at radius 1 is 0.707 bits per heavy atom. The molecular weight excluding hydrogens is 679 g/mol. The van der Waals surface area contributed by atoms with Gasteiger partial charge in [-0.15, -0.1) is 70.8 Å². The third kappa shape index (κ3) is 6.77. The van der Waals surface area contributed by atoms with E-state index < -0.39 is 0 Å². The van der Waals surface area contributed by atoms with E-state index in [-0.39, 0.29) is 20.1 Å². The number of nitriles is 1. The van der Waals surface area contributed by atoms with Crippen LogP contribution >= 0.6 is 0 Å². The van der Waals surface area contributed by atoms with Crippen LogP contribution in [-0.2, 0) is 20.1 Å². The van der Waals surface area contributed by atoms with E-state index in [2.05, 4.69) is 81.2 Å².